The van der Waals surface area contributed by atoms with Gasteiger partial charge in [0.05, 0.1) is 0 Å². The van der Waals surface area contributed by atoms with Crippen LogP contribution in [0.5, 0.6) is 0 Å². The fourth-order valence-electron chi connectivity index (χ4n) is 2.96. The minimum Gasteiger partial charge on any atom is -0.367 e. The average Bonchev–Trinajstić information content (AvgIpc) is 3.17. The molecule has 0 bridgehead atoms. The molecule has 1 saturated carbocycles. The van der Waals surface area contributed by atoms with Gasteiger partial charge in [-0.05, 0) is 50.3 Å². The first kappa shape index (κ1) is 14.2. The summed E-state index contributed by atoms with van der Waals surface area (Å²) >= 11 is 0. The molecule has 0 spiro atoms. The highest BCUT2D eigenvalue weighted by atomic mass is 16.5. The molecule has 2 N–H and O–H groups in total. The lowest BCUT2D eigenvalue weighted by Gasteiger charge is -2.24. The van der Waals surface area contributed by atoms with Crippen molar-refractivity contribution in [2.24, 2.45) is 5.73 Å². The van der Waals surface area contributed by atoms with Gasteiger partial charge in [0, 0.05) is 18.7 Å². The van der Waals surface area contributed by atoms with E-state index in [1.165, 1.54) is 0 Å². The number of hydrogen-bond acceptors (Lipinski definition) is 5. The summed E-state index contributed by atoms with van der Waals surface area (Å²) in [5, 5.41) is 4.17. The summed E-state index contributed by atoms with van der Waals surface area (Å²) in [7, 11) is 0. The fraction of sp³-hybridized carbons (Fsp3) is 0.500. The van der Waals surface area contributed by atoms with Crippen molar-refractivity contribution in [1.82, 2.24) is 10.1 Å². The van der Waals surface area contributed by atoms with Gasteiger partial charge in [0.25, 0.3) is 5.89 Å². The van der Waals surface area contributed by atoms with Crippen LogP contribution in [0.1, 0.15) is 44.0 Å². The Morgan fingerprint density at radius 3 is 2.57 bits per heavy atom. The molecule has 5 heteroatoms. The van der Waals surface area contributed by atoms with E-state index >= 15 is 0 Å². The van der Waals surface area contributed by atoms with E-state index in [1.54, 1.807) is 0 Å². The molecule has 1 aliphatic carbocycles. The number of nitrogens with zero attached hydrogens (tertiary/aromatic N) is 2. The highest BCUT2D eigenvalue weighted by Gasteiger charge is 2.40. The first-order valence-corrected chi connectivity index (χ1v) is 7.55. The Morgan fingerprint density at radius 2 is 1.95 bits per heavy atom. The van der Waals surface area contributed by atoms with Crippen LogP contribution in [-0.2, 0) is 16.9 Å². The number of aromatic nitrogens is 2. The van der Waals surface area contributed by atoms with Crippen LogP contribution in [0.4, 0.5) is 0 Å². The summed E-state index contributed by atoms with van der Waals surface area (Å²) in [5.41, 5.74) is 7.25. The summed E-state index contributed by atoms with van der Waals surface area (Å²) in [5.74, 6) is 1.22. The molecule has 3 rings (SSSR count). The molecule has 1 aliphatic rings. The zero-order valence-corrected chi connectivity index (χ0v) is 12.3. The Bertz CT molecular complexity index is 586. The Hall–Kier alpha value is -1.72. The fourth-order valence-corrected chi connectivity index (χ4v) is 2.96. The zero-order valence-electron chi connectivity index (χ0n) is 12.3. The maximum absolute atomic E-state index is 5.96. The zero-order chi connectivity index (χ0) is 14.7. The van der Waals surface area contributed by atoms with Gasteiger partial charge in [0.15, 0.2) is 0 Å². The van der Waals surface area contributed by atoms with Gasteiger partial charge in [0.2, 0.25) is 5.82 Å². The maximum atomic E-state index is 5.96. The lowest BCUT2D eigenvalue weighted by molar-refractivity contribution is -0.0469. The summed E-state index contributed by atoms with van der Waals surface area (Å²) in [6.07, 6.45) is 4.22. The topological polar surface area (TPSA) is 74.2 Å². The molecule has 1 aromatic heterocycles. The molecule has 5 nitrogen and oxygen atoms in total. The Balaban J connectivity index is 1.87. The largest absolute Gasteiger partial charge is 0.367 e. The van der Waals surface area contributed by atoms with E-state index in [1.807, 2.05) is 31.2 Å². The SMILES string of the molecule is CCOC1(c2noc(-c3ccc(CN)cc3)n2)CCCC1. The van der Waals surface area contributed by atoms with E-state index in [2.05, 4.69) is 10.1 Å². The van der Waals surface area contributed by atoms with Crippen LogP contribution in [0, 0.1) is 0 Å². The van der Waals surface area contributed by atoms with Crippen molar-refractivity contribution in [3.63, 3.8) is 0 Å². The third kappa shape index (κ3) is 2.71. The third-order valence-electron chi connectivity index (χ3n) is 4.10. The van der Waals surface area contributed by atoms with Crippen LogP contribution >= 0.6 is 0 Å². The smallest absolute Gasteiger partial charge is 0.258 e. The van der Waals surface area contributed by atoms with Crippen LogP contribution in [0.15, 0.2) is 28.8 Å². The molecule has 0 saturated heterocycles. The normalized spacial score (nSPS) is 17.2. The van der Waals surface area contributed by atoms with Crippen molar-refractivity contribution >= 4 is 0 Å². The molecule has 1 aromatic carbocycles. The molecule has 112 valence electrons. The van der Waals surface area contributed by atoms with Crippen molar-refractivity contribution in [3.05, 3.63) is 35.7 Å². The Labute approximate surface area is 124 Å². The predicted octanol–water partition coefficient (Wildman–Crippen LogP) is 3.00. The Kier molecular flexibility index (Phi) is 4.03. The van der Waals surface area contributed by atoms with E-state index in [-0.39, 0.29) is 5.60 Å². The summed E-state index contributed by atoms with van der Waals surface area (Å²) in [6, 6.07) is 7.88. The molecule has 0 atom stereocenters. The second-order valence-corrected chi connectivity index (χ2v) is 5.46. The standard InChI is InChI=1S/C16H21N3O2/c1-2-20-16(9-3-4-10-16)15-18-14(21-19-15)13-7-5-12(11-17)6-8-13/h5-8H,2-4,9-11,17H2,1H3. The molecule has 0 unspecified atom stereocenters. The van der Waals surface area contributed by atoms with E-state index in [4.69, 9.17) is 15.0 Å². The molecule has 0 radical (unpaired) electrons. The molecular weight excluding hydrogens is 266 g/mol. The van der Waals surface area contributed by atoms with E-state index in [0.29, 0.717) is 24.9 Å². The third-order valence-corrected chi connectivity index (χ3v) is 4.10. The van der Waals surface area contributed by atoms with Gasteiger partial charge in [-0.3, -0.25) is 0 Å². The minimum absolute atomic E-state index is 0.353. The first-order valence-electron chi connectivity index (χ1n) is 7.55. The second-order valence-electron chi connectivity index (χ2n) is 5.46. The Morgan fingerprint density at radius 1 is 1.24 bits per heavy atom. The van der Waals surface area contributed by atoms with Crippen LogP contribution < -0.4 is 5.73 Å². The summed E-state index contributed by atoms with van der Waals surface area (Å²) in [6.45, 7) is 3.20. The summed E-state index contributed by atoms with van der Waals surface area (Å²) < 4.78 is 11.4. The van der Waals surface area contributed by atoms with E-state index in [9.17, 15) is 0 Å². The van der Waals surface area contributed by atoms with Crippen molar-refractivity contribution in [2.75, 3.05) is 6.61 Å². The lowest BCUT2D eigenvalue weighted by atomic mass is 10.0. The molecule has 21 heavy (non-hydrogen) atoms. The van der Waals surface area contributed by atoms with Crippen molar-refractivity contribution < 1.29 is 9.26 Å². The van der Waals surface area contributed by atoms with Crippen LogP contribution in [0.3, 0.4) is 0 Å². The quantitative estimate of drug-likeness (QED) is 0.915. The first-order chi connectivity index (χ1) is 10.3. The van der Waals surface area contributed by atoms with Crippen LogP contribution in [-0.4, -0.2) is 16.7 Å². The van der Waals surface area contributed by atoms with Crippen molar-refractivity contribution in [2.45, 2.75) is 44.8 Å². The summed E-state index contributed by atoms with van der Waals surface area (Å²) in [4.78, 5) is 4.57. The number of ether oxygens (including phenoxy) is 1. The van der Waals surface area contributed by atoms with Gasteiger partial charge in [0.1, 0.15) is 5.60 Å². The number of hydrogen-bond donors (Lipinski definition) is 1. The molecule has 1 heterocycles. The van der Waals surface area contributed by atoms with E-state index < -0.39 is 0 Å². The van der Waals surface area contributed by atoms with Gasteiger partial charge in [-0.2, -0.15) is 4.98 Å². The molecule has 0 amide bonds. The van der Waals surface area contributed by atoms with Crippen molar-refractivity contribution in [1.29, 1.82) is 0 Å². The second kappa shape index (κ2) is 5.95. The number of benzene rings is 1. The predicted molar refractivity (Wildman–Crippen MR) is 79.4 cm³/mol. The number of nitrogens with two attached hydrogens (primary N) is 1. The highest BCUT2D eigenvalue weighted by Crippen LogP contribution is 2.41. The lowest BCUT2D eigenvalue weighted by Crippen LogP contribution is -2.27. The van der Waals surface area contributed by atoms with Crippen LogP contribution in [0.2, 0.25) is 0 Å². The van der Waals surface area contributed by atoms with Gasteiger partial charge in [-0.25, -0.2) is 0 Å². The average molecular weight is 287 g/mol. The van der Waals surface area contributed by atoms with Crippen LogP contribution in [0.25, 0.3) is 11.5 Å². The maximum Gasteiger partial charge on any atom is 0.258 e. The van der Waals surface area contributed by atoms with Gasteiger partial charge >= 0.3 is 0 Å². The molecule has 0 aliphatic heterocycles. The highest BCUT2D eigenvalue weighted by molar-refractivity contribution is 5.53. The number of rotatable bonds is 5. The minimum atomic E-state index is -0.353. The molecular formula is C16H21N3O2. The van der Waals surface area contributed by atoms with Gasteiger partial charge < -0.3 is 15.0 Å². The monoisotopic (exact) mass is 287 g/mol. The van der Waals surface area contributed by atoms with E-state index in [0.717, 1.165) is 36.8 Å². The van der Waals surface area contributed by atoms with Crippen molar-refractivity contribution in [3.8, 4) is 11.5 Å². The molecule has 1 fully saturated rings. The van der Waals surface area contributed by atoms with Gasteiger partial charge in [-0.15, -0.1) is 0 Å². The van der Waals surface area contributed by atoms with Gasteiger partial charge in [-0.1, -0.05) is 17.3 Å². The molecule has 2 aromatic rings.